The zero-order valence-corrected chi connectivity index (χ0v) is 19.6. The van der Waals surface area contributed by atoms with Crippen molar-refractivity contribution in [3.63, 3.8) is 0 Å². The van der Waals surface area contributed by atoms with Gasteiger partial charge >= 0.3 is 0 Å². The average molecular weight is 509 g/mol. The summed E-state index contributed by atoms with van der Waals surface area (Å²) in [6.45, 7) is 12.1. The molecule has 0 aliphatic carbocycles. The van der Waals surface area contributed by atoms with Crippen LogP contribution >= 0.6 is 24.0 Å². The Morgan fingerprint density at radius 1 is 1.30 bits per heavy atom. The molecular formula is C18H32IN5O2S. The minimum Gasteiger partial charge on any atom is -0.357 e. The summed E-state index contributed by atoms with van der Waals surface area (Å²) in [5.41, 5.74) is 0.929. The Hall–Kier alpha value is -0.910. The van der Waals surface area contributed by atoms with Gasteiger partial charge in [0.25, 0.3) is 0 Å². The van der Waals surface area contributed by atoms with Crippen molar-refractivity contribution in [1.82, 2.24) is 15.5 Å². The highest BCUT2D eigenvalue weighted by Gasteiger charge is 2.31. The quantitative estimate of drug-likeness (QED) is 0.308. The van der Waals surface area contributed by atoms with Crippen LogP contribution in [0.25, 0.3) is 0 Å². The highest BCUT2D eigenvalue weighted by Crippen LogP contribution is 2.18. The van der Waals surface area contributed by atoms with Crippen LogP contribution in [0.2, 0.25) is 0 Å². The Labute approximate surface area is 180 Å². The molecule has 0 aromatic heterocycles. The van der Waals surface area contributed by atoms with Crippen LogP contribution in [0.3, 0.4) is 0 Å². The summed E-state index contributed by atoms with van der Waals surface area (Å²) >= 11 is 0. The number of halogens is 1. The van der Waals surface area contributed by atoms with E-state index in [-0.39, 0.29) is 28.9 Å². The molecule has 2 unspecified atom stereocenters. The van der Waals surface area contributed by atoms with E-state index in [0.717, 1.165) is 31.2 Å². The molecule has 0 amide bonds. The number of hydrogen-bond donors (Lipinski definition) is 3. The van der Waals surface area contributed by atoms with Crippen molar-refractivity contribution in [2.24, 2.45) is 16.0 Å². The van der Waals surface area contributed by atoms with Crippen LogP contribution in [0.15, 0.2) is 34.2 Å². The summed E-state index contributed by atoms with van der Waals surface area (Å²) in [5, 5.41) is 11.9. The number of nitrogens with one attached hydrogen (secondary N) is 2. The topological polar surface area (TPSA) is 99.8 Å². The van der Waals surface area contributed by atoms with Crippen molar-refractivity contribution in [1.29, 1.82) is 0 Å². The first kappa shape index (κ1) is 24.1. The predicted octanol–water partition coefficient (Wildman–Crippen LogP) is 1.74. The van der Waals surface area contributed by atoms with Gasteiger partial charge in [-0.3, -0.25) is 4.90 Å². The number of benzene rings is 1. The molecule has 154 valence electrons. The molecule has 7 nitrogen and oxygen atoms in total. The summed E-state index contributed by atoms with van der Waals surface area (Å²) < 4.78 is 22.6. The summed E-state index contributed by atoms with van der Waals surface area (Å²) in [5.74, 6) is 1.33. The van der Waals surface area contributed by atoms with Crippen molar-refractivity contribution >= 4 is 40.0 Å². The Balaban J connectivity index is 0.00000364. The minimum atomic E-state index is -3.66. The first-order valence-electron chi connectivity index (χ1n) is 9.11. The van der Waals surface area contributed by atoms with Gasteiger partial charge in [0, 0.05) is 31.7 Å². The zero-order valence-electron chi connectivity index (χ0n) is 16.5. The molecule has 1 saturated heterocycles. The van der Waals surface area contributed by atoms with Crippen LogP contribution in [-0.4, -0.2) is 51.0 Å². The Morgan fingerprint density at radius 2 is 1.93 bits per heavy atom. The Bertz CT molecular complexity index is 722. The molecule has 1 aliphatic heterocycles. The van der Waals surface area contributed by atoms with Gasteiger partial charge in [0.05, 0.1) is 11.4 Å². The fraction of sp³-hybridized carbons (Fsp3) is 0.611. The lowest BCUT2D eigenvalue weighted by molar-refractivity contribution is 0.265. The summed E-state index contributed by atoms with van der Waals surface area (Å²) in [6, 6.07) is 7.41. The Kier molecular flexibility index (Phi) is 9.46. The maximum Gasteiger partial charge on any atom is 0.238 e. The smallest absolute Gasteiger partial charge is 0.238 e. The predicted molar refractivity (Wildman–Crippen MR) is 121 cm³/mol. The highest BCUT2D eigenvalue weighted by atomic mass is 127. The number of primary sulfonamides is 1. The van der Waals surface area contributed by atoms with Crippen LogP contribution < -0.4 is 15.8 Å². The summed E-state index contributed by atoms with van der Waals surface area (Å²) in [6.07, 6.45) is 0. The van der Waals surface area contributed by atoms with Crippen molar-refractivity contribution in [3.05, 3.63) is 29.8 Å². The molecule has 9 heteroatoms. The van der Waals surface area contributed by atoms with Crippen molar-refractivity contribution in [3.8, 4) is 0 Å². The molecule has 0 bridgehead atoms. The number of sulfonamides is 1. The highest BCUT2D eigenvalue weighted by molar-refractivity contribution is 14.0. The van der Waals surface area contributed by atoms with Gasteiger partial charge in [-0.2, -0.15) is 0 Å². The van der Waals surface area contributed by atoms with Gasteiger partial charge in [-0.25, -0.2) is 18.5 Å². The van der Waals surface area contributed by atoms with Gasteiger partial charge in [0.1, 0.15) is 0 Å². The number of nitrogens with zero attached hydrogens (tertiary/aromatic N) is 2. The molecule has 1 fully saturated rings. The van der Waals surface area contributed by atoms with Crippen LogP contribution in [0.5, 0.6) is 0 Å². The van der Waals surface area contributed by atoms with Gasteiger partial charge < -0.3 is 10.6 Å². The number of hydrogen-bond acceptors (Lipinski definition) is 4. The largest absolute Gasteiger partial charge is 0.357 e. The molecule has 2 rings (SSSR count). The van der Waals surface area contributed by atoms with Gasteiger partial charge in [0.15, 0.2) is 5.96 Å². The second kappa shape index (κ2) is 10.6. The van der Waals surface area contributed by atoms with Crippen molar-refractivity contribution in [2.45, 2.75) is 51.2 Å². The fourth-order valence-corrected chi connectivity index (χ4v) is 3.58. The van der Waals surface area contributed by atoms with Crippen molar-refractivity contribution in [2.75, 3.05) is 19.6 Å². The number of rotatable bonds is 6. The molecule has 0 saturated carbocycles. The minimum absolute atomic E-state index is 0. The number of aliphatic imine (C=N–C) groups is 1. The van der Waals surface area contributed by atoms with Gasteiger partial charge in [-0.15, -0.1) is 24.0 Å². The van der Waals surface area contributed by atoms with Gasteiger partial charge in [-0.05, 0) is 44.4 Å². The lowest BCUT2D eigenvalue weighted by Gasteiger charge is -2.22. The maximum atomic E-state index is 11.3. The normalized spacial score (nSPS) is 21.2. The van der Waals surface area contributed by atoms with E-state index in [1.807, 2.05) is 6.92 Å². The van der Waals surface area contributed by atoms with Gasteiger partial charge in [-0.1, -0.05) is 19.1 Å². The van der Waals surface area contributed by atoms with E-state index in [1.165, 1.54) is 12.1 Å². The molecule has 2 atom stereocenters. The van der Waals surface area contributed by atoms with Gasteiger partial charge in [0.2, 0.25) is 10.0 Å². The molecule has 27 heavy (non-hydrogen) atoms. The lowest BCUT2D eigenvalue weighted by Crippen LogP contribution is -2.46. The average Bonchev–Trinajstić information content (AvgIpc) is 2.93. The third-order valence-corrected chi connectivity index (χ3v) is 5.64. The number of nitrogens with two attached hydrogens (primary N) is 1. The molecule has 4 N–H and O–H groups in total. The second-order valence-electron chi connectivity index (χ2n) is 7.16. The molecule has 1 aromatic rings. The second-order valence-corrected chi connectivity index (χ2v) is 8.72. The molecule has 1 heterocycles. The van der Waals surface area contributed by atoms with E-state index in [4.69, 9.17) is 5.14 Å². The SMILES string of the molecule is CCNC(=NCc1ccc(S(N)(=O)=O)cc1)NC1CN(C(C)C)CC1C.I. The van der Waals surface area contributed by atoms with E-state index >= 15 is 0 Å². The zero-order chi connectivity index (χ0) is 19.3. The first-order chi connectivity index (χ1) is 12.2. The van der Waals surface area contributed by atoms with Crippen LogP contribution in [-0.2, 0) is 16.6 Å². The van der Waals surface area contributed by atoms with E-state index in [2.05, 4.69) is 41.3 Å². The monoisotopic (exact) mass is 509 g/mol. The molecule has 0 spiro atoms. The van der Waals surface area contributed by atoms with Crippen LogP contribution in [0, 0.1) is 5.92 Å². The molecule has 1 aliphatic rings. The van der Waals surface area contributed by atoms with Crippen LogP contribution in [0.1, 0.15) is 33.3 Å². The summed E-state index contributed by atoms with van der Waals surface area (Å²) in [7, 11) is -3.66. The first-order valence-corrected chi connectivity index (χ1v) is 10.7. The third-order valence-electron chi connectivity index (χ3n) is 4.71. The van der Waals surface area contributed by atoms with E-state index in [9.17, 15) is 8.42 Å². The summed E-state index contributed by atoms with van der Waals surface area (Å²) in [4.78, 5) is 7.22. The Morgan fingerprint density at radius 3 is 2.41 bits per heavy atom. The maximum absolute atomic E-state index is 11.3. The van der Waals surface area contributed by atoms with Crippen LogP contribution in [0.4, 0.5) is 0 Å². The van der Waals surface area contributed by atoms with E-state index in [1.54, 1.807) is 12.1 Å². The third kappa shape index (κ3) is 7.20. The van der Waals surface area contributed by atoms with E-state index < -0.39 is 10.0 Å². The van der Waals surface area contributed by atoms with E-state index in [0.29, 0.717) is 24.5 Å². The molecule has 1 aromatic carbocycles. The molecule has 0 radical (unpaired) electrons. The van der Waals surface area contributed by atoms with Crippen molar-refractivity contribution < 1.29 is 8.42 Å². The number of likely N-dealkylation sites (tertiary alicyclic amines) is 1. The molecular weight excluding hydrogens is 477 g/mol. The fourth-order valence-electron chi connectivity index (χ4n) is 3.06. The lowest BCUT2D eigenvalue weighted by atomic mass is 10.1. The number of guanidine groups is 1. The standard InChI is InChI=1S/C18H31N5O2S.HI/c1-5-20-18(22-17-12-23(13(2)3)11-14(17)4)21-10-15-6-8-16(9-7-15)26(19,24)25;/h6-9,13-14,17H,5,10-12H2,1-4H3,(H2,19,24,25)(H2,20,21,22);1H.